The zero-order valence-corrected chi connectivity index (χ0v) is 12.4. The van der Waals surface area contributed by atoms with E-state index in [0.29, 0.717) is 18.6 Å². The molecule has 1 aliphatic heterocycles. The van der Waals surface area contributed by atoms with Crippen molar-refractivity contribution in [3.8, 4) is 0 Å². The van der Waals surface area contributed by atoms with E-state index in [1.807, 2.05) is 30.3 Å². The minimum absolute atomic E-state index is 0.152. The fourth-order valence-electron chi connectivity index (χ4n) is 3.70. The maximum absolute atomic E-state index is 12.7. The Morgan fingerprint density at radius 3 is 2.65 bits per heavy atom. The van der Waals surface area contributed by atoms with Crippen LogP contribution in [0.25, 0.3) is 0 Å². The van der Waals surface area contributed by atoms with Gasteiger partial charge in [0, 0.05) is 6.04 Å². The van der Waals surface area contributed by atoms with E-state index in [2.05, 4.69) is 24.1 Å². The molecule has 0 bridgehead atoms. The van der Waals surface area contributed by atoms with Crippen LogP contribution in [0, 0.1) is 11.8 Å². The van der Waals surface area contributed by atoms with Crippen LogP contribution >= 0.6 is 0 Å². The summed E-state index contributed by atoms with van der Waals surface area (Å²) in [5, 5.41) is 3.38. The van der Waals surface area contributed by atoms with Crippen LogP contribution in [0.1, 0.15) is 44.7 Å². The van der Waals surface area contributed by atoms with Crippen molar-refractivity contribution in [3.05, 3.63) is 35.9 Å². The molecule has 1 N–H and O–H groups in total. The van der Waals surface area contributed by atoms with Crippen LogP contribution in [-0.2, 0) is 4.79 Å². The third kappa shape index (κ3) is 2.35. The second-order valence-electron chi connectivity index (χ2n) is 6.35. The molecule has 3 rings (SSSR count). The highest BCUT2D eigenvalue weighted by atomic mass is 16.2. The molecule has 0 radical (unpaired) electrons. The molecule has 4 atom stereocenters. The molecule has 1 aliphatic carbocycles. The lowest BCUT2D eigenvalue weighted by atomic mass is 9.77. The molecule has 1 aromatic carbocycles. The molecular formula is C17H24N2O. The molecule has 3 nitrogen and oxygen atoms in total. The van der Waals surface area contributed by atoms with Gasteiger partial charge in [-0.25, -0.2) is 0 Å². The van der Waals surface area contributed by atoms with E-state index in [1.165, 1.54) is 12.8 Å². The van der Waals surface area contributed by atoms with Gasteiger partial charge in [-0.1, -0.05) is 57.0 Å². The van der Waals surface area contributed by atoms with E-state index < -0.39 is 0 Å². The highest BCUT2D eigenvalue weighted by molar-refractivity contribution is 5.85. The molecule has 1 aromatic rings. The van der Waals surface area contributed by atoms with Crippen molar-refractivity contribution >= 4 is 5.91 Å². The number of hydrogen-bond acceptors (Lipinski definition) is 2. The summed E-state index contributed by atoms with van der Waals surface area (Å²) in [6.07, 6.45) is 3.70. The Morgan fingerprint density at radius 2 is 1.90 bits per heavy atom. The van der Waals surface area contributed by atoms with Crippen molar-refractivity contribution in [3.63, 3.8) is 0 Å². The van der Waals surface area contributed by atoms with Crippen molar-refractivity contribution in [1.29, 1.82) is 0 Å². The van der Waals surface area contributed by atoms with Gasteiger partial charge in [0.2, 0.25) is 5.91 Å². The Hall–Kier alpha value is -1.35. The number of nitrogens with one attached hydrogen (secondary N) is 1. The second kappa shape index (κ2) is 5.57. The lowest BCUT2D eigenvalue weighted by molar-refractivity contribution is -0.133. The van der Waals surface area contributed by atoms with Gasteiger partial charge >= 0.3 is 0 Å². The predicted molar refractivity (Wildman–Crippen MR) is 80.0 cm³/mol. The maximum Gasteiger partial charge on any atom is 0.245 e. The summed E-state index contributed by atoms with van der Waals surface area (Å²) < 4.78 is 0. The maximum atomic E-state index is 12.7. The fourth-order valence-corrected chi connectivity index (χ4v) is 3.70. The molecule has 4 unspecified atom stereocenters. The first-order valence-electron chi connectivity index (χ1n) is 7.77. The smallest absolute Gasteiger partial charge is 0.245 e. The molecule has 3 heteroatoms. The summed E-state index contributed by atoms with van der Waals surface area (Å²) >= 11 is 0. The predicted octanol–water partition coefficient (Wildman–Crippen LogP) is 2.94. The molecule has 1 heterocycles. The van der Waals surface area contributed by atoms with Crippen LogP contribution in [0.4, 0.5) is 0 Å². The molecular weight excluding hydrogens is 248 g/mol. The van der Waals surface area contributed by atoms with Gasteiger partial charge in [-0.05, 0) is 23.8 Å². The fraction of sp³-hybridized carbons (Fsp3) is 0.588. The van der Waals surface area contributed by atoms with Crippen LogP contribution in [0.3, 0.4) is 0 Å². The van der Waals surface area contributed by atoms with Gasteiger partial charge in [0.1, 0.15) is 6.04 Å². The Labute approximate surface area is 121 Å². The van der Waals surface area contributed by atoms with Gasteiger partial charge in [-0.15, -0.1) is 0 Å². The van der Waals surface area contributed by atoms with Crippen LogP contribution in [0.5, 0.6) is 0 Å². The lowest BCUT2D eigenvalue weighted by Gasteiger charge is -2.39. The van der Waals surface area contributed by atoms with Crippen molar-refractivity contribution < 1.29 is 4.79 Å². The summed E-state index contributed by atoms with van der Waals surface area (Å²) in [6, 6.07) is 10.3. The average molecular weight is 272 g/mol. The largest absolute Gasteiger partial charge is 0.325 e. The quantitative estimate of drug-likeness (QED) is 0.897. The molecule has 2 aliphatic rings. The second-order valence-corrected chi connectivity index (χ2v) is 6.35. The summed E-state index contributed by atoms with van der Waals surface area (Å²) in [7, 11) is 0. The number of benzene rings is 1. The first kappa shape index (κ1) is 13.6. The Kier molecular flexibility index (Phi) is 3.79. The molecule has 1 saturated heterocycles. The van der Waals surface area contributed by atoms with Crippen LogP contribution in [-0.4, -0.2) is 23.5 Å². The molecule has 20 heavy (non-hydrogen) atoms. The normalized spacial score (nSPS) is 34.5. The number of rotatable bonds is 2. The lowest BCUT2D eigenvalue weighted by Crippen LogP contribution is -2.45. The zero-order valence-electron chi connectivity index (χ0n) is 12.4. The Morgan fingerprint density at radius 1 is 1.15 bits per heavy atom. The minimum Gasteiger partial charge on any atom is -0.325 e. The van der Waals surface area contributed by atoms with Crippen molar-refractivity contribution in [2.45, 2.75) is 45.2 Å². The minimum atomic E-state index is -0.152. The number of carbonyl (C=O) groups is 1. The van der Waals surface area contributed by atoms with Crippen LogP contribution in [0.2, 0.25) is 0 Å². The summed E-state index contributed by atoms with van der Waals surface area (Å²) in [6.45, 7) is 5.32. The van der Waals surface area contributed by atoms with Gasteiger partial charge in [0.25, 0.3) is 0 Å². The highest BCUT2D eigenvalue weighted by Crippen LogP contribution is 2.35. The average Bonchev–Trinajstić information content (AvgIpc) is 2.85. The van der Waals surface area contributed by atoms with Gasteiger partial charge in [0.15, 0.2) is 0 Å². The SMILES string of the molecule is CC1CCCC(N2CNC(c3ccccc3)C2=O)C1C. The van der Waals surface area contributed by atoms with Gasteiger partial charge in [-0.3, -0.25) is 10.1 Å². The Balaban J connectivity index is 1.76. The van der Waals surface area contributed by atoms with Crippen LogP contribution in [0.15, 0.2) is 30.3 Å². The Bertz CT molecular complexity index is 473. The highest BCUT2D eigenvalue weighted by Gasteiger charge is 2.40. The van der Waals surface area contributed by atoms with Gasteiger partial charge in [0.05, 0.1) is 6.67 Å². The summed E-state index contributed by atoms with van der Waals surface area (Å²) in [5.41, 5.74) is 1.08. The van der Waals surface area contributed by atoms with Gasteiger partial charge in [-0.2, -0.15) is 0 Å². The number of hydrogen-bond donors (Lipinski definition) is 1. The van der Waals surface area contributed by atoms with Crippen molar-refractivity contribution in [1.82, 2.24) is 10.2 Å². The molecule has 1 amide bonds. The third-order valence-corrected chi connectivity index (χ3v) is 5.19. The zero-order chi connectivity index (χ0) is 14.1. The van der Waals surface area contributed by atoms with E-state index >= 15 is 0 Å². The number of amides is 1. The first-order chi connectivity index (χ1) is 9.68. The first-order valence-corrected chi connectivity index (χ1v) is 7.77. The summed E-state index contributed by atoms with van der Waals surface area (Å²) in [4.78, 5) is 14.8. The van der Waals surface area contributed by atoms with Gasteiger partial charge < -0.3 is 4.90 Å². The standard InChI is InChI=1S/C17H24N2O/c1-12-7-6-10-15(13(12)2)19-11-18-16(17(19)20)14-8-4-3-5-9-14/h3-5,8-9,12-13,15-16,18H,6-7,10-11H2,1-2H3. The molecule has 1 saturated carbocycles. The number of nitrogens with zero attached hydrogens (tertiary/aromatic N) is 1. The van der Waals surface area contributed by atoms with E-state index in [-0.39, 0.29) is 11.9 Å². The molecule has 0 spiro atoms. The molecule has 0 aromatic heterocycles. The molecule has 2 fully saturated rings. The van der Waals surface area contributed by atoms with E-state index in [0.717, 1.165) is 17.9 Å². The van der Waals surface area contributed by atoms with E-state index in [4.69, 9.17) is 0 Å². The number of carbonyl (C=O) groups excluding carboxylic acids is 1. The topological polar surface area (TPSA) is 32.3 Å². The van der Waals surface area contributed by atoms with Crippen LogP contribution < -0.4 is 5.32 Å². The molecule has 108 valence electrons. The van der Waals surface area contributed by atoms with Crippen molar-refractivity contribution in [2.24, 2.45) is 11.8 Å². The third-order valence-electron chi connectivity index (χ3n) is 5.19. The monoisotopic (exact) mass is 272 g/mol. The summed E-state index contributed by atoms with van der Waals surface area (Å²) in [5.74, 6) is 1.57. The van der Waals surface area contributed by atoms with E-state index in [1.54, 1.807) is 0 Å². The van der Waals surface area contributed by atoms with Crippen molar-refractivity contribution in [2.75, 3.05) is 6.67 Å². The van der Waals surface area contributed by atoms with E-state index in [9.17, 15) is 4.79 Å².